The number of rotatable bonds is 3. The van der Waals surface area contributed by atoms with Gasteiger partial charge in [0.05, 0.1) is 4.47 Å². The summed E-state index contributed by atoms with van der Waals surface area (Å²) in [5.74, 6) is 0.475. The van der Waals surface area contributed by atoms with Crippen LogP contribution in [0.2, 0.25) is 0 Å². The van der Waals surface area contributed by atoms with Gasteiger partial charge in [-0.15, -0.1) is 0 Å². The van der Waals surface area contributed by atoms with Crippen molar-refractivity contribution in [2.75, 3.05) is 0 Å². The van der Waals surface area contributed by atoms with Gasteiger partial charge in [0.2, 0.25) is 5.89 Å². The Labute approximate surface area is 135 Å². The monoisotopic (exact) mass is 357 g/mol. The summed E-state index contributed by atoms with van der Waals surface area (Å²) >= 11 is 3.39. The molecular weight excluding hydrogens is 346 g/mol. The molecule has 4 nitrogen and oxygen atoms in total. The lowest BCUT2D eigenvalue weighted by Gasteiger charge is -2.06. The topological polar surface area (TPSA) is 52.3 Å². The summed E-state index contributed by atoms with van der Waals surface area (Å²) < 4.78 is 11.6. The van der Waals surface area contributed by atoms with E-state index in [9.17, 15) is 4.79 Å². The second-order valence-corrected chi connectivity index (χ2v) is 5.66. The first-order valence-corrected chi connectivity index (χ1v) is 7.37. The highest BCUT2D eigenvalue weighted by atomic mass is 79.9. The molecule has 0 saturated heterocycles. The fraction of sp³-hybridized carbons (Fsp3) is 0.0588. The lowest BCUT2D eigenvalue weighted by molar-refractivity contribution is -0.130. The molecule has 3 aromatic rings. The van der Waals surface area contributed by atoms with Crippen LogP contribution >= 0.6 is 15.9 Å². The number of halogens is 1. The van der Waals surface area contributed by atoms with Crippen molar-refractivity contribution in [2.24, 2.45) is 0 Å². The van der Waals surface area contributed by atoms with E-state index < -0.39 is 5.97 Å². The molecule has 0 spiro atoms. The summed E-state index contributed by atoms with van der Waals surface area (Å²) in [7, 11) is 0. The molecule has 0 fully saturated rings. The van der Waals surface area contributed by atoms with E-state index in [0.29, 0.717) is 21.7 Å². The summed E-state index contributed by atoms with van der Waals surface area (Å²) in [6, 6.07) is 12.8. The Balaban J connectivity index is 1.94. The third-order valence-corrected chi connectivity index (χ3v) is 3.64. The van der Waals surface area contributed by atoms with Crippen molar-refractivity contribution in [3.63, 3.8) is 0 Å². The maximum atomic E-state index is 11.6. The van der Waals surface area contributed by atoms with Gasteiger partial charge in [0.15, 0.2) is 5.58 Å². The van der Waals surface area contributed by atoms with Gasteiger partial charge in [-0.2, -0.15) is 0 Å². The van der Waals surface area contributed by atoms with Gasteiger partial charge >= 0.3 is 5.97 Å². The van der Waals surface area contributed by atoms with Crippen molar-refractivity contribution in [3.05, 3.63) is 59.1 Å². The number of nitrogens with zero attached hydrogens (tertiary/aromatic N) is 1. The van der Waals surface area contributed by atoms with Crippen molar-refractivity contribution >= 4 is 33.0 Å². The minimum atomic E-state index is -0.463. The second kappa shape index (κ2) is 5.77. The Morgan fingerprint density at radius 1 is 1.27 bits per heavy atom. The quantitative estimate of drug-likeness (QED) is 0.386. The number of oxazole rings is 1. The average molecular weight is 358 g/mol. The molecule has 0 amide bonds. The summed E-state index contributed by atoms with van der Waals surface area (Å²) in [5.41, 5.74) is 2.66. The summed E-state index contributed by atoms with van der Waals surface area (Å²) in [4.78, 5) is 16.0. The number of carbonyl (C=O) groups excluding carboxylic acids is 1. The zero-order valence-electron chi connectivity index (χ0n) is 11.8. The van der Waals surface area contributed by atoms with E-state index in [0.717, 1.165) is 16.7 Å². The van der Waals surface area contributed by atoms with Crippen LogP contribution in [0.5, 0.6) is 5.75 Å². The maximum Gasteiger partial charge on any atom is 0.338 e. The first kappa shape index (κ1) is 14.5. The molecule has 2 aromatic carbocycles. The smallest absolute Gasteiger partial charge is 0.338 e. The normalized spacial score (nSPS) is 10.6. The molecule has 1 heterocycles. The Bertz CT molecular complexity index is 849. The van der Waals surface area contributed by atoms with E-state index in [1.807, 2.05) is 24.3 Å². The second-order valence-electron chi connectivity index (χ2n) is 4.80. The van der Waals surface area contributed by atoms with Crippen molar-refractivity contribution in [1.29, 1.82) is 0 Å². The Hall–Kier alpha value is -2.40. The molecule has 0 aliphatic rings. The number of aromatic nitrogens is 1. The van der Waals surface area contributed by atoms with E-state index in [-0.39, 0.29) is 0 Å². The maximum absolute atomic E-state index is 11.6. The van der Waals surface area contributed by atoms with Crippen LogP contribution in [-0.2, 0) is 4.79 Å². The van der Waals surface area contributed by atoms with Crippen LogP contribution in [0.25, 0.3) is 22.6 Å². The van der Waals surface area contributed by atoms with Crippen LogP contribution in [0, 0.1) is 0 Å². The van der Waals surface area contributed by atoms with Gasteiger partial charge < -0.3 is 9.15 Å². The van der Waals surface area contributed by atoms with E-state index in [2.05, 4.69) is 27.5 Å². The number of benzene rings is 2. The number of ether oxygens (including phenoxy) is 1. The number of fused-ring (bicyclic) bond motifs is 1. The molecule has 110 valence electrons. The van der Waals surface area contributed by atoms with Gasteiger partial charge in [0.1, 0.15) is 11.3 Å². The third-order valence-electron chi connectivity index (χ3n) is 3.02. The number of para-hydroxylation sites is 2. The Morgan fingerprint density at radius 3 is 2.73 bits per heavy atom. The zero-order chi connectivity index (χ0) is 15.7. The van der Waals surface area contributed by atoms with Crippen molar-refractivity contribution in [3.8, 4) is 17.2 Å². The van der Waals surface area contributed by atoms with Crippen LogP contribution in [0.15, 0.2) is 63.5 Å². The highest BCUT2D eigenvalue weighted by molar-refractivity contribution is 9.10. The molecule has 1 aromatic heterocycles. The van der Waals surface area contributed by atoms with E-state index in [1.54, 1.807) is 25.1 Å². The Morgan fingerprint density at radius 2 is 2.05 bits per heavy atom. The molecular formula is C17H12BrNO3. The van der Waals surface area contributed by atoms with Gasteiger partial charge in [-0.1, -0.05) is 18.7 Å². The van der Waals surface area contributed by atoms with Crippen molar-refractivity contribution in [1.82, 2.24) is 4.98 Å². The highest BCUT2D eigenvalue weighted by Gasteiger charge is 2.13. The van der Waals surface area contributed by atoms with Crippen LogP contribution < -0.4 is 4.74 Å². The SMILES string of the molecule is C=C(C)C(=O)Oc1ccc(-c2nc3ccccc3o2)cc1Br. The van der Waals surface area contributed by atoms with Crippen LogP contribution in [-0.4, -0.2) is 11.0 Å². The van der Waals surface area contributed by atoms with Gasteiger partial charge in [-0.3, -0.25) is 0 Å². The predicted octanol–water partition coefficient (Wildman–Crippen LogP) is 4.74. The average Bonchev–Trinajstić information content (AvgIpc) is 2.93. The molecule has 0 N–H and O–H groups in total. The van der Waals surface area contributed by atoms with Crippen LogP contribution in [0.1, 0.15) is 6.92 Å². The molecule has 3 rings (SSSR count). The molecule has 22 heavy (non-hydrogen) atoms. The zero-order valence-corrected chi connectivity index (χ0v) is 13.4. The minimum absolute atomic E-state index is 0.343. The van der Waals surface area contributed by atoms with Gasteiger partial charge in [-0.25, -0.2) is 9.78 Å². The molecule has 0 aliphatic carbocycles. The minimum Gasteiger partial charge on any atom is -0.436 e. The van der Waals surface area contributed by atoms with E-state index in [1.165, 1.54) is 0 Å². The van der Waals surface area contributed by atoms with Crippen molar-refractivity contribution < 1.29 is 13.9 Å². The largest absolute Gasteiger partial charge is 0.436 e. The molecule has 0 saturated carbocycles. The third kappa shape index (κ3) is 2.80. The van der Waals surface area contributed by atoms with Crippen LogP contribution in [0.4, 0.5) is 0 Å². The lowest BCUT2D eigenvalue weighted by atomic mass is 10.2. The van der Waals surface area contributed by atoms with E-state index in [4.69, 9.17) is 9.15 Å². The van der Waals surface area contributed by atoms with Gasteiger partial charge in [-0.05, 0) is 53.2 Å². The molecule has 0 atom stereocenters. The Kier molecular flexibility index (Phi) is 3.81. The standard InChI is InChI=1S/C17H12BrNO3/c1-10(2)17(20)22-14-8-7-11(9-12(14)18)16-19-13-5-3-4-6-15(13)21-16/h3-9H,1H2,2H3. The number of hydrogen-bond acceptors (Lipinski definition) is 4. The molecule has 0 unspecified atom stereocenters. The lowest BCUT2D eigenvalue weighted by Crippen LogP contribution is -2.08. The molecule has 0 radical (unpaired) electrons. The van der Waals surface area contributed by atoms with Gasteiger partial charge in [0.25, 0.3) is 0 Å². The molecule has 0 aliphatic heterocycles. The predicted molar refractivity (Wildman–Crippen MR) is 87.6 cm³/mol. The summed E-state index contributed by atoms with van der Waals surface area (Å²) in [6.45, 7) is 5.16. The fourth-order valence-electron chi connectivity index (χ4n) is 1.90. The fourth-order valence-corrected chi connectivity index (χ4v) is 2.36. The number of esters is 1. The van der Waals surface area contributed by atoms with Gasteiger partial charge in [0, 0.05) is 11.1 Å². The molecule has 5 heteroatoms. The number of hydrogen-bond donors (Lipinski definition) is 0. The highest BCUT2D eigenvalue weighted by Crippen LogP contribution is 2.32. The summed E-state index contributed by atoms with van der Waals surface area (Å²) in [6.07, 6.45) is 0. The van der Waals surface area contributed by atoms with Crippen molar-refractivity contribution in [2.45, 2.75) is 6.92 Å². The van der Waals surface area contributed by atoms with Crippen LogP contribution in [0.3, 0.4) is 0 Å². The summed E-state index contributed by atoms with van der Waals surface area (Å²) in [5, 5.41) is 0. The number of carbonyl (C=O) groups is 1. The van der Waals surface area contributed by atoms with E-state index >= 15 is 0 Å². The first-order chi connectivity index (χ1) is 10.5. The first-order valence-electron chi connectivity index (χ1n) is 6.58. The molecule has 0 bridgehead atoms.